The van der Waals surface area contributed by atoms with Gasteiger partial charge in [0.25, 0.3) is 0 Å². The molecule has 2 aromatic heterocycles. The summed E-state index contributed by atoms with van der Waals surface area (Å²) in [5.41, 5.74) is 3.31. The van der Waals surface area contributed by atoms with Crippen molar-refractivity contribution in [2.45, 2.75) is 29.8 Å². The average Bonchev–Trinajstić information content (AvgIpc) is 3.16. The predicted molar refractivity (Wildman–Crippen MR) is 125 cm³/mol. The minimum Gasteiger partial charge on any atom is -0.368 e. The first-order valence-electron chi connectivity index (χ1n) is 10.9. The van der Waals surface area contributed by atoms with E-state index in [4.69, 9.17) is 4.98 Å². The first kappa shape index (κ1) is 20.3. The molecule has 2 fully saturated rings. The lowest BCUT2D eigenvalue weighted by Gasteiger charge is -2.37. The highest BCUT2D eigenvalue weighted by Gasteiger charge is 2.30. The van der Waals surface area contributed by atoms with Gasteiger partial charge in [-0.25, -0.2) is 13.4 Å². The molecule has 8 heteroatoms. The lowest BCUT2D eigenvalue weighted by Crippen LogP contribution is -2.46. The third-order valence-corrected chi connectivity index (χ3v) is 7.86. The van der Waals surface area contributed by atoms with Gasteiger partial charge in [0.05, 0.1) is 16.8 Å². The summed E-state index contributed by atoms with van der Waals surface area (Å²) in [5.74, 6) is 0. The summed E-state index contributed by atoms with van der Waals surface area (Å²) in [6.07, 6.45) is 7.75. The minimum atomic E-state index is -3.16. The summed E-state index contributed by atoms with van der Waals surface area (Å²) >= 11 is 0. The summed E-state index contributed by atoms with van der Waals surface area (Å²) in [4.78, 5) is 9.86. The molecule has 31 heavy (non-hydrogen) atoms. The molecule has 164 valence electrons. The van der Waals surface area contributed by atoms with E-state index in [-0.39, 0.29) is 0 Å². The van der Waals surface area contributed by atoms with Crippen LogP contribution in [0.1, 0.15) is 18.9 Å². The summed E-state index contributed by atoms with van der Waals surface area (Å²) in [7, 11) is -1.13. The second kappa shape index (κ2) is 7.84. The number of pyridine rings is 1. The first-order valence-corrected chi connectivity index (χ1v) is 12.8. The van der Waals surface area contributed by atoms with Gasteiger partial charge in [0.1, 0.15) is 5.65 Å². The molecule has 1 N–H and O–H groups in total. The molecular weight excluding hydrogens is 410 g/mol. The zero-order valence-corrected chi connectivity index (χ0v) is 18.8. The smallest absolute Gasteiger partial charge is 0.175 e. The van der Waals surface area contributed by atoms with E-state index in [0.717, 1.165) is 50.4 Å². The molecule has 5 rings (SSSR count). The number of piperazine rings is 1. The highest BCUT2D eigenvalue weighted by atomic mass is 32.2. The molecule has 2 aliphatic rings. The second-order valence-corrected chi connectivity index (χ2v) is 10.7. The van der Waals surface area contributed by atoms with E-state index in [1.165, 1.54) is 17.3 Å². The highest BCUT2D eigenvalue weighted by molar-refractivity contribution is 7.90. The number of hydrogen-bond donors (Lipinski definition) is 1. The predicted octanol–water partition coefficient (Wildman–Crippen LogP) is 2.69. The molecule has 0 bridgehead atoms. The highest BCUT2D eigenvalue weighted by Crippen LogP contribution is 2.35. The maximum atomic E-state index is 11.7. The minimum absolute atomic E-state index is 0.365. The van der Waals surface area contributed by atoms with Crippen LogP contribution in [0.25, 0.3) is 11.0 Å². The third kappa shape index (κ3) is 3.90. The molecule has 1 aromatic carbocycles. The molecule has 1 aliphatic carbocycles. The summed E-state index contributed by atoms with van der Waals surface area (Å²) in [5, 5.41) is 4.55. The maximum Gasteiger partial charge on any atom is 0.175 e. The van der Waals surface area contributed by atoms with Gasteiger partial charge in [0.15, 0.2) is 9.84 Å². The van der Waals surface area contributed by atoms with Gasteiger partial charge >= 0.3 is 0 Å². The monoisotopic (exact) mass is 439 g/mol. The number of nitrogens with one attached hydrogen (secondary N) is 1. The van der Waals surface area contributed by atoms with Crippen molar-refractivity contribution in [3.8, 4) is 0 Å². The number of nitrogens with zero attached hydrogens (tertiary/aromatic N) is 4. The van der Waals surface area contributed by atoms with Crippen LogP contribution in [-0.2, 0) is 9.84 Å². The van der Waals surface area contributed by atoms with Crippen molar-refractivity contribution in [3.05, 3.63) is 48.8 Å². The van der Waals surface area contributed by atoms with Crippen LogP contribution in [0.3, 0.4) is 0 Å². The van der Waals surface area contributed by atoms with E-state index in [1.54, 1.807) is 12.1 Å². The Bertz CT molecular complexity index is 1170. The Hall–Kier alpha value is -2.58. The van der Waals surface area contributed by atoms with E-state index in [2.05, 4.69) is 38.0 Å². The van der Waals surface area contributed by atoms with Crippen molar-refractivity contribution in [2.24, 2.45) is 0 Å². The topological polar surface area (TPSA) is 70.5 Å². The van der Waals surface area contributed by atoms with Gasteiger partial charge in [-0.3, -0.25) is 0 Å². The number of sulfone groups is 1. The van der Waals surface area contributed by atoms with Crippen LogP contribution in [0.15, 0.2) is 53.7 Å². The Morgan fingerprint density at radius 1 is 0.968 bits per heavy atom. The van der Waals surface area contributed by atoms with Crippen LogP contribution in [0.5, 0.6) is 0 Å². The third-order valence-electron chi connectivity index (χ3n) is 6.73. The molecule has 3 heterocycles. The maximum absolute atomic E-state index is 11.7. The summed E-state index contributed by atoms with van der Waals surface area (Å²) in [6, 6.07) is 12.8. The fraction of sp³-hybridized carbons (Fsp3) is 0.435. The van der Waals surface area contributed by atoms with Gasteiger partial charge in [-0.15, -0.1) is 0 Å². The number of benzene rings is 1. The molecule has 0 radical (unpaired) electrons. The lowest BCUT2D eigenvalue weighted by atomic mass is 9.87. The molecule has 1 saturated heterocycles. The second-order valence-electron chi connectivity index (χ2n) is 8.68. The lowest BCUT2D eigenvalue weighted by molar-refractivity contribution is 0.240. The summed E-state index contributed by atoms with van der Waals surface area (Å²) in [6.45, 7) is 3.61. The van der Waals surface area contributed by atoms with E-state index >= 15 is 0 Å². The van der Waals surface area contributed by atoms with E-state index in [9.17, 15) is 8.42 Å². The fourth-order valence-corrected chi connectivity index (χ4v) is 5.31. The van der Waals surface area contributed by atoms with Gasteiger partial charge in [-0.1, -0.05) is 0 Å². The van der Waals surface area contributed by atoms with Crippen molar-refractivity contribution in [1.29, 1.82) is 0 Å². The number of hydrogen-bond acceptors (Lipinski definition) is 6. The molecule has 0 amide bonds. The van der Waals surface area contributed by atoms with Crippen molar-refractivity contribution >= 4 is 32.2 Å². The fourth-order valence-electron chi connectivity index (χ4n) is 4.68. The van der Waals surface area contributed by atoms with E-state index in [0.29, 0.717) is 17.0 Å². The van der Waals surface area contributed by atoms with Gasteiger partial charge in [0.2, 0.25) is 0 Å². The molecule has 7 nitrogen and oxygen atoms in total. The molecule has 0 spiro atoms. The Morgan fingerprint density at radius 3 is 2.23 bits per heavy atom. The van der Waals surface area contributed by atoms with Crippen LogP contribution >= 0.6 is 0 Å². The quantitative estimate of drug-likeness (QED) is 0.659. The first-order chi connectivity index (χ1) is 14.9. The Labute approximate surface area is 183 Å². The van der Waals surface area contributed by atoms with Crippen LogP contribution in [0, 0.1) is 0 Å². The van der Waals surface area contributed by atoms with Gasteiger partial charge in [0, 0.05) is 61.8 Å². The standard InChI is InChI=1S/C23H29N5O2S/c1-24-18-14-20(15-18)28-8-7-17-13-21(16-25-23(17)28)27-11-9-26(10-12-27)19-3-5-22(6-4-19)31(2,29)30/h3-8,13,16,18,20,24H,9-12,14-15H2,1-2H3/t18-,20-. The van der Waals surface area contributed by atoms with Crippen molar-refractivity contribution in [2.75, 3.05) is 49.3 Å². The van der Waals surface area contributed by atoms with Gasteiger partial charge in [-0.2, -0.15) is 0 Å². The van der Waals surface area contributed by atoms with Crippen LogP contribution in [0.2, 0.25) is 0 Å². The van der Waals surface area contributed by atoms with Crippen LogP contribution < -0.4 is 15.1 Å². The number of anilines is 2. The van der Waals surface area contributed by atoms with Crippen molar-refractivity contribution in [1.82, 2.24) is 14.9 Å². The zero-order valence-electron chi connectivity index (χ0n) is 18.0. The number of aromatic nitrogens is 2. The van der Waals surface area contributed by atoms with Crippen molar-refractivity contribution < 1.29 is 8.42 Å². The molecule has 0 unspecified atom stereocenters. The van der Waals surface area contributed by atoms with Gasteiger partial charge in [-0.05, 0) is 56.3 Å². The van der Waals surface area contributed by atoms with E-state index < -0.39 is 9.84 Å². The molecule has 1 aliphatic heterocycles. The number of fused-ring (bicyclic) bond motifs is 1. The Morgan fingerprint density at radius 2 is 1.61 bits per heavy atom. The SMILES string of the molecule is CN[C@H]1C[C@H](n2ccc3cc(N4CCN(c5ccc(S(C)(=O)=O)cc5)CC4)cnc32)C1. The zero-order chi connectivity index (χ0) is 21.6. The average molecular weight is 440 g/mol. The van der Waals surface area contributed by atoms with Gasteiger partial charge < -0.3 is 19.7 Å². The number of rotatable bonds is 5. The molecule has 1 saturated carbocycles. The normalized spacial score (nSPS) is 22.0. The summed E-state index contributed by atoms with van der Waals surface area (Å²) < 4.78 is 25.7. The van der Waals surface area contributed by atoms with Crippen LogP contribution in [-0.4, -0.2) is 63.5 Å². The molecule has 0 atom stereocenters. The molecule has 3 aromatic rings. The van der Waals surface area contributed by atoms with Crippen LogP contribution in [0.4, 0.5) is 11.4 Å². The Balaban J connectivity index is 1.25. The Kier molecular flexibility index (Phi) is 5.14. The van der Waals surface area contributed by atoms with Crippen molar-refractivity contribution in [3.63, 3.8) is 0 Å². The largest absolute Gasteiger partial charge is 0.368 e. The van der Waals surface area contributed by atoms with E-state index in [1.807, 2.05) is 25.4 Å². The molecular formula is C23H29N5O2S.